The Hall–Kier alpha value is -3.20. The first-order chi connectivity index (χ1) is 12.7. The molecular weight excluding hydrogens is 320 g/mol. The molecule has 0 bridgehead atoms. The van der Waals surface area contributed by atoms with Gasteiger partial charge in [0.05, 0.1) is 5.39 Å². The van der Waals surface area contributed by atoms with Gasteiger partial charge in [-0.05, 0) is 59.7 Å². The molecule has 4 aromatic rings. The summed E-state index contributed by atoms with van der Waals surface area (Å²) in [5.41, 5.74) is 5.00. The SMILES string of the molecule is CCc1cc2cccc(-c3ccncc3C)c2c(=O)n1-c1ccccc1. The second-order valence-electron chi connectivity index (χ2n) is 6.43. The maximum absolute atomic E-state index is 13.6. The molecule has 0 fully saturated rings. The molecule has 0 spiro atoms. The second kappa shape index (κ2) is 6.60. The Morgan fingerprint density at radius 2 is 1.77 bits per heavy atom. The van der Waals surface area contributed by atoms with Crippen LogP contribution in [-0.2, 0) is 6.42 Å². The smallest absolute Gasteiger partial charge is 0.263 e. The topological polar surface area (TPSA) is 34.9 Å². The van der Waals surface area contributed by atoms with Crippen LogP contribution in [0.5, 0.6) is 0 Å². The third kappa shape index (κ3) is 2.62. The van der Waals surface area contributed by atoms with E-state index >= 15 is 0 Å². The van der Waals surface area contributed by atoms with Gasteiger partial charge in [0, 0.05) is 23.8 Å². The van der Waals surface area contributed by atoms with E-state index in [-0.39, 0.29) is 5.56 Å². The summed E-state index contributed by atoms with van der Waals surface area (Å²) >= 11 is 0. The molecule has 2 heterocycles. The zero-order valence-corrected chi connectivity index (χ0v) is 14.9. The summed E-state index contributed by atoms with van der Waals surface area (Å²) in [6.45, 7) is 4.11. The quantitative estimate of drug-likeness (QED) is 0.530. The normalized spacial score (nSPS) is 11.0. The van der Waals surface area contributed by atoms with Crippen LogP contribution in [-0.4, -0.2) is 9.55 Å². The monoisotopic (exact) mass is 340 g/mol. The van der Waals surface area contributed by atoms with Crippen molar-refractivity contribution < 1.29 is 0 Å². The number of aryl methyl sites for hydroxylation is 2. The summed E-state index contributed by atoms with van der Waals surface area (Å²) in [6, 6.07) is 20.0. The summed E-state index contributed by atoms with van der Waals surface area (Å²) in [5, 5.41) is 1.73. The zero-order chi connectivity index (χ0) is 18.1. The van der Waals surface area contributed by atoms with Gasteiger partial charge in [-0.25, -0.2) is 0 Å². The molecule has 3 nitrogen and oxygen atoms in total. The highest BCUT2D eigenvalue weighted by Gasteiger charge is 2.14. The molecule has 0 radical (unpaired) electrons. The number of hydrogen-bond acceptors (Lipinski definition) is 2. The fourth-order valence-corrected chi connectivity index (χ4v) is 3.54. The van der Waals surface area contributed by atoms with Gasteiger partial charge in [0.15, 0.2) is 0 Å². The molecule has 3 heteroatoms. The molecule has 0 atom stereocenters. The van der Waals surface area contributed by atoms with Crippen LogP contribution in [0.15, 0.2) is 77.9 Å². The van der Waals surface area contributed by atoms with Crippen LogP contribution in [0, 0.1) is 6.92 Å². The van der Waals surface area contributed by atoms with Crippen LogP contribution >= 0.6 is 0 Å². The predicted octanol–water partition coefficient (Wildman–Crippen LogP) is 4.92. The Kier molecular flexibility index (Phi) is 4.13. The van der Waals surface area contributed by atoms with E-state index in [1.807, 2.05) is 72.3 Å². The lowest BCUT2D eigenvalue weighted by atomic mass is 9.96. The summed E-state index contributed by atoms with van der Waals surface area (Å²) < 4.78 is 1.84. The van der Waals surface area contributed by atoms with Crippen molar-refractivity contribution in [1.29, 1.82) is 0 Å². The van der Waals surface area contributed by atoms with Gasteiger partial charge in [0.1, 0.15) is 0 Å². The second-order valence-corrected chi connectivity index (χ2v) is 6.43. The minimum absolute atomic E-state index is 0.0253. The van der Waals surface area contributed by atoms with E-state index in [0.29, 0.717) is 0 Å². The van der Waals surface area contributed by atoms with Gasteiger partial charge >= 0.3 is 0 Å². The van der Waals surface area contributed by atoms with E-state index < -0.39 is 0 Å². The van der Waals surface area contributed by atoms with Crippen LogP contribution in [0.4, 0.5) is 0 Å². The number of hydrogen-bond donors (Lipinski definition) is 0. The molecule has 2 aromatic heterocycles. The molecule has 0 N–H and O–H groups in total. The van der Waals surface area contributed by atoms with Crippen molar-refractivity contribution in [2.75, 3.05) is 0 Å². The summed E-state index contributed by atoms with van der Waals surface area (Å²) in [5.74, 6) is 0. The Bertz CT molecular complexity index is 1140. The van der Waals surface area contributed by atoms with Gasteiger partial charge in [0.25, 0.3) is 5.56 Å². The van der Waals surface area contributed by atoms with Crippen molar-refractivity contribution in [2.45, 2.75) is 20.3 Å². The van der Waals surface area contributed by atoms with Crippen molar-refractivity contribution in [3.05, 3.63) is 94.7 Å². The number of benzene rings is 2. The fraction of sp³-hybridized carbons (Fsp3) is 0.130. The summed E-state index contributed by atoms with van der Waals surface area (Å²) in [7, 11) is 0. The maximum atomic E-state index is 13.6. The van der Waals surface area contributed by atoms with Gasteiger partial charge < -0.3 is 0 Å². The van der Waals surface area contributed by atoms with Crippen LogP contribution < -0.4 is 5.56 Å². The van der Waals surface area contributed by atoms with Crippen molar-refractivity contribution in [1.82, 2.24) is 9.55 Å². The molecule has 0 aliphatic carbocycles. The van der Waals surface area contributed by atoms with Gasteiger partial charge in [-0.15, -0.1) is 0 Å². The number of para-hydroxylation sites is 1. The molecule has 0 aliphatic heterocycles. The largest absolute Gasteiger partial charge is 0.281 e. The van der Waals surface area contributed by atoms with E-state index in [1.54, 1.807) is 6.20 Å². The van der Waals surface area contributed by atoms with E-state index in [2.05, 4.69) is 18.0 Å². The molecule has 4 rings (SSSR count). The molecule has 0 aliphatic rings. The molecular formula is C23H20N2O. The van der Waals surface area contributed by atoms with Crippen molar-refractivity contribution in [2.24, 2.45) is 0 Å². The van der Waals surface area contributed by atoms with Gasteiger partial charge in [-0.1, -0.05) is 43.3 Å². The Labute approximate surface area is 152 Å². The number of pyridine rings is 2. The van der Waals surface area contributed by atoms with Crippen molar-refractivity contribution in [3.63, 3.8) is 0 Å². The Morgan fingerprint density at radius 1 is 0.962 bits per heavy atom. The Balaban J connectivity index is 2.12. The minimum Gasteiger partial charge on any atom is -0.281 e. The molecule has 0 saturated heterocycles. The molecule has 26 heavy (non-hydrogen) atoms. The fourth-order valence-electron chi connectivity index (χ4n) is 3.54. The van der Waals surface area contributed by atoms with Gasteiger partial charge in [0.2, 0.25) is 0 Å². The average molecular weight is 340 g/mol. The first kappa shape index (κ1) is 16.3. The minimum atomic E-state index is 0.0253. The van der Waals surface area contributed by atoms with Crippen LogP contribution in [0.1, 0.15) is 18.2 Å². The summed E-state index contributed by atoms with van der Waals surface area (Å²) in [4.78, 5) is 17.7. The Morgan fingerprint density at radius 3 is 2.50 bits per heavy atom. The van der Waals surface area contributed by atoms with Crippen LogP contribution in [0.25, 0.3) is 27.6 Å². The van der Waals surface area contributed by atoms with Crippen molar-refractivity contribution in [3.8, 4) is 16.8 Å². The third-order valence-corrected chi connectivity index (χ3v) is 4.81. The molecule has 0 unspecified atom stereocenters. The lowest BCUT2D eigenvalue weighted by molar-refractivity contribution is 0.889. The van der Waals surface area contributed by atoms with Crippen LogP contribution in [0.3, 0.4) is 0 Å². The third-order valence-electron chi connectivity index (χ3n) is 4.81. The zero-order valence-electron chi connectivity index (χ0n) is 14.9. The highest BCUT2D eigenvalue weighted by molar-refractivity contribution is 5.97. The van der Waals surface area contributed by atoms with E-state index in [1.165, 1.54) is 0 Å². The first-order valence-corrected chi connectivity index (χ1v) is 8.84. The maximum Gasteiger partial charge on any atom is 0.263 e. The van der Waals surface area contributed by atoms with Crippen LogP contribution in [0.2, 0.25) is 0 Å². The molecule has 0 saturated carbocycles. The van der Waals surface area contributed by atoms with Gasteiger partial charge in [-0.2, -0.15) is 0 Å². The number of nitrogens with zero attached hydrogens (tertiary/aromatic N) is 2. The van der Waals surface area contributed by atoms with Gasteiger partial charge in [-0.3, -0.25) is 14.3 Å². The standard InChI is InChI=1S/C23H20N2O/c1-3-18-14-17-8-7-11-21(20-12-13-24-15-16(20)2)22(17)23(26)25(18)19-9-5-4-6-10-19/h4-15H,3H2,1-2H3. The van der Waals surface area contributed by atoms with E-state index in [9.17, 15) is 4.79 Å². The molecule has 0 amide bonds. The summed E-state index contributed by atoms with van der Waals surface area (Å²) in [6.07, 6.45) is 4.40. The van der Waals surface area contributed by atoms with E-state index in [4.69, 9.17) is 0 Å². The molecule has 2 aromatic carbocycles. The highest BCUT2D eigenvalue weighted by Crippen LogP contribution is 2.29. The molecule has 128 valence electrons. The highest BCUT2D eigenvalue weighted by atomic mass is 16.1. The number of rotatable bonds is 3. The number of aromatic nitrogens is 2. The lowest BCUT2D eigenvalue weighted by Crippen LogP contribution is -2.22. The first-order valence-electron chi connectivity index (χ1n) is 8.84. The van der Waals surface area contributed by atoms with Crippen molar-refractivity contribution >= 4 is 10.8 Å². The van der Waals surface area contributed by atoms with E-state index in [0.717, 1.165) is 45.3 Å². The average Bonchev–Trinajstić information content (AvgIpc) is 2.68. The lowest BCUT2D eigenvalue weighted by Gasteiger charge is -2.16. The number of fused-ring (bicyclic) bond motifs is 1. The predicted molar refractivity (Wildman–Crippen MR) is 107 cm³/mol.